The average molecular weight is 226 g/mol. The van der Waals surface area contributed by atoms with E-state index < -0.39 is 0 Å². The molecule has 3 heteroatoms. The zero-order valence-electron chi connectivity index (χ0n) is 10.7. The predicted octanol–water partition coefficient (Wildman–Crippen LogP) is 1.51. The molecule has 0 amide bonds. The van der Waals surface area contributed by atoms with E-state index in [4.69, 9.17) is 4.74 Å². The minimum atomic E-state index is 0.673. The Labute approximate surface area is 99.8 Å². The topological polar surface area (TPSA) is 24.5 Å². The largest absolute Gasteiger partial charge is 0.383 e. The summed E-state index contributed by atoms with van der Waals surface area (Å²) in [5.74, 6) is 0.827. The molecule has 1 rings (SSSR count). The van der Waals surface area contributed by atoms with E-state index in [9.17, 15) is 0 Å². The fraction of sp³-hybridized carbons (Fsp3) is 0.846. The van der Waals surface area contributed by atoms with Crippen molar-refractivity contribution in [3.05, 3.63) is 12.7 Å². The Kier molecular flexibility index (Phi) is 6.69. The maximum atomic E-state index is 5.14. The van der Waals surface area contributed by atoms with Crippen molar-refractivity contribution in [1.82, 2.24) is 10.2 Å². The Morgan fingerprint density at radius 3 is 3.00 bits per heavy atom. The molecule has 0 spiro atoms. The van der Waals surface area contributed by atoms with Crippen LogP contribution in [0.25, 0.3) is 0 Å². The van der Waals surface area contributed by atoms with Gasteiger partial charge in [-0.25, -0.2) is 0 Å². The summed E-state index contributed by atoms with van der Waals surface area (Å²) in [7, 11) is 1.76. The number of hydrogen-bond acceptors (Lipinski definition) is 3. The lowest BCUT2D eigenvalue weighted by Crippen LogP contribution is -2.41. The third kappa shape index (κ3) is 5.10. The van der Waals surface area contributed by atoms with Crippen LogP contribution in [0.15, 0.2) is 12.7 Å². The smallest absolute Gasteiger partial charge is 0.0589 e. The molecule has 1 N–H and O–H groups in total. The quantitative estimate of drug-likeness (QED) is 0.666. The number of hydrogen-bond donors (Lipinski definition) is 1. The van der Waals surface area contributed by atoms with Crippen molar-refractivity contribution in [3.63, 3.8) is 0 Å². The maximum absolute atomic E-state index is 5.14. The monoisotopic (exact) mass is 226 g/mol. The van der Waals surface area contributed by atoms with Crippen molar-refractivity contribution in [1.29, 1.82) is 0 Å². The first-order valence-corrected chi connectivity index (χ1v) is 6.31. The summed E-state index contributed by atoms with van der Waals surface area (Å²) >= 11 is 0. The Morgan fingerprint density at radius 2 is 2.38 bits per heavy atom. The Balaban J connectivity index is 2.31. The molecule has 1 aliphatic rings. The van der Waals surface area contributed by atoms with Gasteiger partial charge >= 0.3 is 0 Å². The van der Waals surface area contributed by atoms with Crippen molar-refractivity contribution in [2.45, 2.75) is 25.8 Å². The van der Waals surface area contributed by atoms with Crippen LogP contribution in [0.4, 0.5) is 0 Å². The van der Waals surface area contributed by atoms with Gasteiger partial charge in [0.05, 0.1) is 6.61 Å². The van der Waals surface area contributed by atoms with Crippen LogP contribution in [-0.4, -0.2) is 50.8 Å². The molecule has 3 nitrogen and oxygen atoms in total. The fourth-order valence-electron chi connectivity index (χ4n) is 2.43. The molecule has 1 fully saturated rings. The molecule has 1 aliphatic heterocycles. The van der Waals surface area contributed by atoms with E-state index in [2.05, 4.69) is 23.7 Å². The zero-order chi connectivity index (χ0) is 11.8. The Morgan fingerprint density at radius 1 is 1.56 bits per heavy atom. The highest BCUT2D eigenvalue weighted by molar-refractivity contribution is 4.80. The first-order valence-electron chi connectivity index (χ1n) is 6.31. The van der Waals surface area contributed by atoms with E-state index in [0.29, 0.717) is 6.04 Å². The van der Waals surface area contributed by atoms with E-state index >= 15 is 0 Å². The van der Waals surface area contributed by atoms with Crippen LogP contribution in [0.2, 0.25) is 0 Å². The van der Waals surface area contributed by atoms with E-state index in [0.717, 1.165) is 32.2 Å². The summed E-state index contributed by atoms with van der Waals surface area (Å²) in [4.78, 5) is 2.44. The lowest BCUT2D eigenvalue weighted by Gasteiger charge is -2.32. The number of nitrogens with zero attached hydrogens (tertiary/aromatic N) is 1. The number of ether oxygens (including phenoxy) is 1. The van der Waals surface area contributed by atoms with Crippen molar-refractivity contribution in [3.8, 4) is 0 Å². The highest BCUT2D eigenvalue weighted by atomic mass is 16.5. The molecule has 2 atom stereocenters. The van der Waals surface area contributed by atoms with Crippen molar-refractivity contribution in [2.75, 3.05) is 39.9 Å². The lowest BCUT2D eigenvalue weighted by molar-refractivity contribution is 0.135. The van der Waals surface area contributed by atoms with Crippen molar-refractivity contribution >= 4 is 0 Å². The van der Waals surface area contributed by atoms with Gasteiger partial charge in [0, 0.05) is 32.8 Å². The molecular weight excluding hydrogens is 200 g/mol. The lowest BCUT2D eigenvalue weighted by atomic mass is 9.93. The summed E-state index contributed by atoms with van der Waals surface area (Å²) in [5.41, 5.74) is 0. The van der Waals surface area contributed by atoms with Gasteiger partial charge in [0.2, 0.25) is 0 Å². The Hall–Kier alpha value is -0.380. The molecule has 0 aliphatic carbocycles. The maximum Gasteiger partial charge on any atom is 0.0589 e. The summed E-state index contributed by atoms with van der Waals surface area (Å²) in [6, 6.07) is 0.673. The standard InChI is InChI=1S/C13H26N2O/c1-4-7-15(8-9-16-3)11-13-5-6-14-12(2)10-13/h4,12-14H,1,5-11H2,2-3H3. The van der Waals surface area contributed by atoms with E-state index in [1.165, 1.54) is 19.4 Å². The second kappa shape index (κ2) is 7.82. The van der Waals surface area contributed by atoms with Gasteiger partial charge in [-0.1, -0.05) is 6.08 Å². The summed E-state index contributed by atoms with van der Waals surface area (Å²) < 4.78 is 5.14. The average Bonchev–Trinajstić information content (AvgIpc) is 2.26. The third-order valence-corrected chi connectivity index (χ3v) is 3.25. The van der Waals surface area contributed by atoms with Crippen molar-refractivity contribution in [2.24, 2.45) is 5.92 Å². The van der Waals surface area contributed by atoms with Crippen LogP contribution in [-0.2, 0) is 4.74 Å². The van der Waals surface area contributed by atoms with E-state index in [1.807, 2.05) is 6.08 Å². The highest BCUT2D eigenvalue weighted by Crippen LogP contribution is 2.17. The number of rotatable bonds is 7. The molecule has 0 aromatic heterocycles. The van der Waals surface area contributed by atoms with Gasteiger partial charge in [0.1, 0.15) is 0 Å². The second-order valence-electron chi connectivity index (χ2n) is 4.79. The predicted molar refractivity (Wildman–Crippen MR) is 68.7 cm³/mol. The van der Waals surface area contributed by atoms with E-state index in [1.54, 1.807) is 7.11 Å². The molecule has 0 aromatic rings. The van der Waals surface area contributed by atoms with Gasteiger partial charge in [-0.05, 0) is 32.2 Å². The van der Waals surface area contributed by atoms with Gasteiger partial charge in [-0.3, -0.25) is 4.90 Å². The van der Waals surface area contributed by atoms with Crippen LogP contribution in [0.1, 0.15) is 19.8 Å². The number of piperidine rings is 1. The molecular formula is C13H26N2O. The molecule has 0 aromatic carbocycles. The van der Waals surface area contributed by atoms with Crippen LogP contribution in [0, 0.1) is 5.92 Å². The normalized spacial score (nSPS) is 25.9. The molecule has 1 heterocycles. The Bertz CT molecular complexity index is 196. The number of nitrogens with one attached hydrogen (secondary N) is 1. The van der Waals surface area contributed by atoms with Crippen molar-refractivity contribution < 1.29 is 4.74 Å². The number of methoxy groups -OCH3 is 1. The van der Waals surface area contributed by atoms with Gasteiger partial charge in [-0.15, -0.1) is 6.58 Å². The molecule has 1 saturated heterocycles. The minimum absolute atomic E-state index is 0.673. The molecule has 0 radical (unpaired) electrons. The second-order valence-corrected chi connectivity index (χ2v) is 4.79. The molecule has 2 unspecified atom stereocenters. The van der Waals surface area contributed by atoms with Gasteiger partial charge < -0.3 is 10.1 Å². The summed E-state index contributed by atoms with van der Waals surface area (Å²) in [5, 5.41) is 3.50. The van der Waals surface area contributed by atoms with Gasteiger partial charge in [-0.2, -0.15) is 0 Å². The third-order valence-electron chi connectivity index (χ3n) is 3.25. The minimum Gasteiger partial charge on any atom is -0.383 e. The SMILES string of the molecule is C=CCN(CCOC)CC1CCNC(C)C1. The molecule has 16 heavy (non-hydrogen) atoms. The molecule has 0 saturated carbocycles. The molecule has 94 valence electrons. The summed E-state index contributed by atoms with van der Waals surface area (Å²) in [6.45, 7) is 11.2. The van der Waals surface area contributed by atoms with E-state index in [-0.39, 0.29) is 0 Å². The first kappa shape index (κ1) is 13.7. The van der Waals surface area contributed by atoms with Crippen LogP contribution in [0.5, 0.6) is 0 Å². The first-order chi connectivity index (χ1) is 7.76. The highest BCUT2D eigenvalue weighted by Gasteiger charge is 2.20. The zero-order valence-corrected chi connectivity index (χ0v) is 10.7. The summed E-state index contributed by atoms with van der Waals surface area (Å²) in [6.07, 6.45) is 4.58. The van der Waals surface area contributed by atoms with Crippen LogP contribution >= 0.6 is 0 Å². The van der Waals surface area contributed by atoms with Crippen LogP contribution in [0.3, 0.4) is 0 Å². The van der Waals surface area contributed by atoms with Gasteiger partial charge in [0.25, 0.3) is 0 Å². The fourth-order valence-corrected chi connectivity index (χ4v) is 2.43. The molecule has 0 bridgehead atoms. The van der Waals surface area contributed by atoms with Crippen LogP contribution < -0.4 is 5.32 Å². The van der Waals surface area contributed by atoms with Gasteiger partial charge in [0.15, 0.2) is 0 Å².